The predicted octanol–water partition coefficient (Wildman–Crippen LogP) is 3.58. The maximum Gasteiger partial charge on any atom is 0.266 e. The van der Waals surface area contributed by atoms with Crippen LogP contribution in [0.5, 0.6) is 0 Å². The molecule has 0 spiro atoms. The fourth-order valence-corrected chi connectivity index (χ4v) is 4.14. The topological polar surface area (TPSA) is 99.8 Å². The molecular formula is C18H21N5O2S. The number of nitrogens with one attached hydrogen (secondary N) is 3. The first-order valence-corrected chi connectivity index (χ1v) is 9.59. The van der Waals surface area contributed by atoms with E-state index in [0.717, 1.165) is 16.9 Å². The van der Waals surface area contributed by atoms with Crippen molar-refractivity contribution in [2.24, 2.45) is 0 Å². The van der Waals surface area contributed by atoms with E-state index in [0.29, 0.717) is 11.4 Å². The van der Waals surface area contributed by atoms with Gasteiger partial charge in [0.25, 0.3) is 10.0 Å². The van der Waals surface area contributed by atoms with Crippen LogP contribution in [0.4, 0.5) is 17.2 Å². The van der Waals surface area contributed by atoms with E-state index in [-0.39, 0.29) is 10.7 Å². The molecule has 0 fully saturated rings. The summed E-state index contributed by atoms with van der Waals surface area (Å²) in [7, 11) is -3.74. The number of sulfonamides is 1. The molecule has 0 saturated carbocycles. The van der Waals surface area contributed by atoms with Crippen molar-refractivity contribution in [1.29, 1.82) is 0 Å². The molecule has 0 saturated heterocycles. The highest BCUT2D eigenvalue weighted by Crippen LogP contribution is 2.23. The van der Waals surface area contributed by atoms with Gasteiger partial charge in [-0.2, -0.15) is 5.10 Å². The number of aromatic nitrogens is 3. The molecule has 0 aliphatic carbocycles. The Morgan fingerprint density at radius 1 is 1.04 bits per heavy atom. The molecule has 1 aromatic carbocycles. The van der Waals surface area contributed by atoms with Crippen LogP contribution in [0.25, 0.3) is 0 Å². The number of hydrogen-bond acceptors (Lipinski definition) is 5. The summed E-state index contributed by atoms with van der Waals surface area (Å²) in [4.78, 5) is 4.34. The first kappa shape index (κ1) is 17.9. The third kappa shape index (κ3) is 3.70. The molecule has 0 aliphatic heterocycles. The number of H-pyrrole nitrogens is 1. The first-order valence-electron chi connectivity index (χ1n) is 8.11. The lowest BCUT2D eigenvalue weighted by Crippen LogP contribution is -2.15. The molecule has 0 unspecified atom stereocenters. The van der Waals surface area contributed by atoms with Crippen LogP contribution >= 0.6 is 0 Å². The minimum atomic E-state index is -3.74. The van der Waals surface area contributed by atoms with Crippen molar-refractivity contribution < 1.29 is 8.42 Å². The Balaban J connectivity index is 1.77. The van der Waals surface area contributed by atoms with Gasteiger partial charge in [-0.3, -0.25) is 9.82 Å². The zero-order valence-corrected chi connectivity index (χ0v) is 15.9. The molecule has 3 aromatic rings. The van der Waals surface area contributed by atoms with Crippen molar-refractivity contribution in [1.82, 2.24) is 15.2 Å². The van der Waals surface area contributed by atoms with Crippen LogP contribution in [0, 0.1) is 27.7 Å². The average Bonchev–Trinajstić information content (AvgIpc) is 2.91. The van der Waals surface area contributed by atoms with E-state index in [9.17, 15) is 8.42 Å². The molecule has 2 heterocycles. The first-order chi connectivity index (χ1) is 12.3. The molecule has 0 atom stereocenters. The van der Waals surface area contributed by atoms with Gasteiger partial charge in [-0.15, -0.1) is 0 Å². The van der Waals surface area contributed by atoms with Crippen LogP contribution < -0.4 is 10.0 Å². The molecule has 0 amide bonds. The van der Waals surface area contributed by atoms with Crippen molar-refractivity contribution in [2.75, 3.05) is 10.0 Å². The number of aromatic amines is 1. The average molecular weight is 371 g/mol. The summed E-state index contributed by atoms with van der Waals surface area (Å²) in [5, 5.41) is 9.88. The standard InChI is InChI=1S/C18H21N5O2S/c1-11-5-7-16(12(2)9-11)20-15-6-8-17(19-10-15)23-26(24,25)18-13(3)21-22-14(18)4/h5-10,20H,1-4H3,(H,19,23)(H,21,22). The summed E-state index contributed by atoms with van der Waals surface area (Å²) < 4.78 is 27.5. The van der Waals surface area contributed by atoms with Crippen LogP contribution in [0.3, 0.4) is 0 Å². The number of anilines is 3. The summed E-state index contributed by atoms with van der Waals surface area (Å²) in [5.74, 6) is 0.246. The maximum absolute atomic E-state index is 12.5. The summed E-state index contributed by atoms with van der Waals surface area (Å²) >= 11 is 0. The Hall–Kier alpha value is -2.87. The van der Waals surface area contributed by atoms with Crippen molar-refractivity contribution in [3.63, 3.8) is 0 Å². The number of benzene rings is 1. The Bertz CT molecular complexity index is 1020. The van der Waals surface area contributed by atoms with Crippen molar-refractivity contribution in [3.8, 4) is 0 Å². The lowest BCUT2D eigenvalue weighted by atomic mass is 10.1. The molecular weight excluding hydrogens is 350 g/mol. The van der Waals surface area contributed by atoms with E-state index in [1.807, 2.05) is 26.0 Å². The van der Waals surface area contributed by atoms with Gasteiger partial charge >= 0.3 is 0 Å². The van der Waals surface area contributed by atoms with E-state index in [1.54, 1.807) is 32.2 Å². The van der Waals surface area contributed by atoms with Gasteiger partial charge in [0.05, 0.1) is 23.3 Å². The Morgan fingerprint density at radius 3 is 2.38 bits per heavy atom. The van der Waals surface area contributed by atoms with Gasteiger partial charge in [0.15, 0.2) is 0 Å². The summed E-state index contributed by atoms with van der Waals surface area (Å²) in [5.41, 5.74) is 4.98. The smallest absolute Gasteiger partial charge is 0.266 e. The summed E-state index contributed by atoms with van der Waals surface area (Å²) in [6.07, 6.45) is 1.59. The molecule has 26 heavy (non-hydrogen) atoms. The third-order valence-electron chi connectivity index (χ3n) is 3.99. The van der Waals surface area contributed by atoms with Crippen LogP contribution in [0.2, 0.25) is 0 Å². The number of nitrogens with zero attached hydrogens (tertiary/aromatic N) is 2. The molecule has 0 bridgehead atoms. The quantitative estimate of drug-likeness (QED) is 0.636. The van der Waals surface area contributed by atoms with Crippen molar-refractivity contribution in [3.05, 3.63) is 59.0 Å². The van der Waals surface area contributed by atoms with Gasteiger partial charge in [0, 0.05) is 5.69 Å². The molecule has 0 aliphatic rings. The Morgan fingerprint density at radius 2 is 1.81 bits per heavy atom. The van der Waals surface area contributed by atoms with Gasteiger partial charge in [-0.1, -0.05) is 17.7 Å². The highest BCUT2D eigenvalue weighted by Gasteiger charge is 2.22. The lowest BCUT2D eigenvalue weighted by molar-refractivity contribution is 0.600. The fraction of sp³-hybridized carbons (Fsp3) is 0.222. The largest absolute Gasteiger partial charge is 0.354 e. The van der Waals surface area contributed by atoms with Gasteiger partial charge in [-0.25, -0.2) is 13.4 Å². The summed E-state index contributed by atoms with van der Waals surface area (Å²) in [6.45, 7) is 7.38. The zero-order valence-electron chi connectivity index (χ0n) is 15.1. The third-order valence-corrected chi connectivity index (χ3v) is 5.61. The second kappa shape index (κ2) is 6.80. The molecule has 2 aromatic heterocycles. The number of pyridine rings is 1. The van der Waals surface area contributed by atoms with Crippen LogP contribution in [-0.4, -0.2) is 23.6 Å². The van der Waals surface area contributed by atoms with E-state index >= 15 is 0 Å². The van der Waals surface area contributed by atoms with Gasteiger partial charge in [0.1, 0.15) is 10.7 Å². The van der Waals surface area contributed by atoms with Crippen LogP contribution in [-0.2, 0) is 10.0 Å². The molecule has 136 valence electrons. The fourth-order valence-electron chi connectivity index (χ4n) is 2.76. The van der Waals surface area contributed by atoms with Gasteiger partial charge < -0.3 is 5.32 Å². The highest BCUT2D eigenvalue weighted by molar-refractivity contribution is 7.92. The van der Waals surface area contributed by atoms with Gasteiger partial charge in [-0.05, 0) is 51.5 Å². The number of rotatable bonds is 5. The minimum Gasteiger partial charge on any atom is -0.354 e. The van der Waals surface area contributed by atoms with E-state index < -0.39 is 10.0 Å². The van der Waals surface area contributed by atoms with Crippen molar-refractivity contribution >= 4 is 27.2 Å². The second-order valence-electron chi connectivity index (χ2n) is 6.24. The maximum atomic E-state index is 12.5. The Kier molecular flexibility index (Phi) is 4.69. The second-order valence-corrected chi connectivity index (χ2v) is 7.86. The van der Waals surface area contributed by atoms with E-state index in [4.69, 9.17) is 0 Å². The SMILES string of the molecule is Cc1ccc(Nc2ccc(NS(=O)(=O)c3c(C)n[nH]c3C)nc2)c(C)c1. The van der Waals surface area contributed by atoms with Gasteiger partial charge in [0.2, 0.25) is 0 Å². The van der Waals surface area contributed by atoms with E-state index in [2.05, 4.69) is 31.3 Å². The predicted molar refractivity (Wildman–Crippen MR) is 102 cm³/mol. The van der Waals surface area contributed by atoms with Crippen LogP contribution in [0.1, 0.15) is 22.5 Å². The number of aryl methyl sites for hydroxylation is 4. The summed E-state index contributed by atoms with van der Waals surface area (Å²) in [6, 6.07) is 9.52. The van der Waals surface area contributed by atoms with E-state index in [1.165, 1.54) is 5.56 Å². The lowest BCUT2D eigenvalue weighted by Gasteiger charge is -2.11. The van der Waals surface area contributed by atoms with Crippen LogP contribution in [0.15, 0.2) is 41.4 Å². The number of hydrogen-bond donors (Lipinski definition) is 3. The molecule has 3 rings (SSSR count). The Labute approximate surface area is 152 Å². The monoisotopic (exact) mass is 371 g/mol. The molecule has 8 heteroatoms. The molecule has 7 nitrogen and oxygen atoms in total. The normalized spacial score (nSPS) is 11.4. The molecule has 3 N–H and O–H groups in total. The minimum absolute atomic E-state index is 0.150. The zero-order chi connectivity index (χ0) is 18.9. The highest BCUT2D eigenvalue weighted by atomic mass is 32.2. The van der Waals surface area contributed by atoms with Crippen molar-refractivity contribution in [2.45, 2.75) is 32.6 Å². The molecule has 0 radical (unpaired) electrons.